The maximum Gasteiger partial charge on any atom is 0.261 e. The van der Waals surface area contributed by atoms with Crippen LogP contribution in [-0.2, 0) is 0 Å². The monoisotopic (exact) mass is 224 g/mol. The number of nitrogens with two attached hydrogens (primary N) is 1. The largest absolute Gasteiger partial charge is 0.347 e. The number of carbonyl (C=O) groups is 1. The molecule has 0 radical (unpaired) electrons. The molecule has 0 spiro atoms. The first-order chi connectivity index (χ1) is 7.27. The topological polar surface area (TPSA) is 55.1 Å². The second kappa shape index (κ2) is 4.77. The Morgan fingerprint density at radius 1 is 1.47 bits per heavy atom. The van der Waals surface area contributed by atoms with Crippen molar-refractivity contribution in [2.24, 2.45) is 5.73 Å². The molecule has 0 aliphatic heterocycles. The fourth-order valence-corrected chi connectivity index (χ4v) is 2.61. The minimum atomic E-state index is 0.0207. The zero-order chi connectivity index (χ0) is 10.7. The molecule has 3 N–H and O–H groups in total. The summed E-state index contributed by atoms with van der Waals surface area (Å²) in [5.74, 6) is 0.0207. The molecule has 1 heterocycles. The molecule has 1 saturated carbocycles. The van der Waals surface area contributed by atoms with Crippen LogP contribution in [0.5, 0.6) is 0 Å². The second-order valence-corrected chi connectivity index (χ2v) is 4.95. The fraction of sp³-hybridized carbons (Fsp3) is 0.545. The van der Waals surface area contributed by atoms with Crippen molar-refractivity contribution in [3.8, 4) is 0 Å². The van der Waals surface area contributed by atoms with Crippen molar-refractivity contribution in [3.05, 3.63) is 22.4 Å². The summed E-state index contributed by atoms with van der Waals surface area (Å²) in [5, 5.41) is 4.93. The molecule has 15 heavy (non-hydrogen) atoms. The number of nitrogens with one attached hydrogen (secondary N) is 1. The van der Waals surface area contributed by atoms with Crippen LogP contribution in [0.15, 0.2) is 17.5 Å². The molecule has 4 heteroatoms. The highest BCUT2D eigenvalue weighted by Gasteiger charge is 2.23. The number of rotatable bonds is 2. The van der Waals surface area contributed by atoms with Crippen LogP contribution in [0.3, 0.4) is 0 Å². The molecule has 1 aliphatic rings. The van der Waals surface area contributed by atoms with Crippen LogP contribution in [0, 0.1) is 0 Å². The molecule has 0 aromatic carbocycles. The van der Waals surface area contributed by atoms with Gasteiger partial charge in [0.05, 0.1) is 4.88 Å². The number of hydrogen-bond acceptors (Lipinski definition) is 3. The van der Waals surface area contributed by atoms with Crippen molar-refractivity contribution < 1.29 is 4.79 Å². The molecule has 1 amide bonds. The van der Waals surface area contributed by atoms with E-state index < -0.39 is 0 Å². The molecule has 1 aliphatic carbocycles. The third kappa shape index (κ3) is 2.58. The lowest BCUT2D eigenvalue weighted by Gasteiger charge is -2.29. The molecular weight excluding hydrogens is 208 g/mol. The summed E-state index contributed by atoms with van der Waals surface area (Å²) in [6.45, 7) is 0. The summed E-state index contributed by atoms with van der Waals surface area (Å²) in [6, 6.07) is 4.02. The first kappa shape index (κ1) is 10.6. The fourth-order valence-electron chi connectivity index (χ4n) is 1.99. The summed E-state index contributed by atoms with van der Waals surface area (Å²) < 4.78 is 0. The van der Waals surface area contributed by atoms with Crippen molar-refractivity contribution in [3.63, 3.8) is 0 Å². The molecule has 3 nitrogen and oxygen atoms in total. The number of hydrogen-bond donors (Lipinski definition) is 2. The van der Waals surface area contributed by atoms with Gasteiger partial charge in [0.1, 0.15) is 0 Å². The van der Waals surface area contributed by atoms with Gasteiger partial charge < -0.3 is 11.1 Å². The van der Waals surface area contributed by atoms with Gasteiger partial charge in [0.15, 0.2) is 0 Å². The Morgan fingerprint density at radius 2 is 2.27 bits per heavy atom. The summed E-state index contributed by atoms with van der Waals surface area (Å²) in [5.41, 5.74) is 5.97. The minimum Gasteiger partial charge on any atom is -0.347 e. The molecule has 2 rings (SSSR count). The standard InChI is InChI=1S/C11H16N2OS/c12-8-4-1-2-5-9(8)13-11(14)10-6-3-7-15-10/h3,6-9H,1-2,4-5,12H2,(H,13,14)/t8-,9+/m1/s1. The summed E-state index contributed by atoms with van der Waals surface area (Å²) >= 11 is 1.47. The van der Waals surface area contributed by atoms with E-state index in [2.05, 4.69) is 5.32 Å². The Labute approximate surface area is 93.7 Å². The predicted octanol–water partition coefficient (Wildman–Crippen LogP) is 1.75. The molecule has 2 atom stereocenters. The van der Waals surface area contributed by atoms with Crippen molar-refractivity contribution in [1.29, 1.82) is 0 Å². The van der Waals surface area contributed by atoms with Gasteiger partial charge in [-0.1, -0.05) is 18.9 Å². The van der Waals surface area contributed by atoms with E-state index in [4.69, 9.17) is 5.73 Å². The molecule has 1 aromatic heterocycles. The van der Waals surface area contributed by atoms with E-state index in [1.54, 1.807) is 0 Å². The highest BCUT2D eigenvalue weighted by Crippen LogP contribution is 2.18. The third-order valence-corrected chi connectivity index (χ3v) is 3.75. The lowest BCUT2D eigenvalue weighted by atomic mass is 9.91. The van der Waals surface area contributed by atoms with Gasteiger partial charge in [0.25, 0.3) is 5.91 Å². The van der Waals surface area contributed by atoms with Crippen LogP contribution >= 0.6 is 11.3 Å². The zero-order valence-corrected chi connectivity index (χ0v) is 9.43. The van der Waals surface area contributed by atoms with E-state index in [1.165, 1.54) is 24.2 Å². The zero-order valence-electron chi connectivity index (χ0n) is 8.61. The average molecular weight is 224 g/mol. The highest BCUT2D eigenvalue weighted by atomic mass is 32.1. The van der Waals surface area contributed by atoms with Gasteiger partial charge in [0, 0.05) is 12.1 Å². The first-order valence-corrected chi connectivity index (χ1v) is 6.25. The molecule has 82 valence electrons. The second-order valence-electron chi connectivity index (χ2n) is 4.01. The molecule has 1 aromatic rings. The quantitative estimate of drug-likeness (QED) is 0.804. The van der Waals surface area contributed by atoms with E-state index in [9.17, 15) is 4.79 Å². The Kier molecular flexibility index (Phi) is 3.38. The van der Waals surface area contributed by atoms with Crippen LogP contribution in [0.2, 0.25) is 0 Å². The Hall–Kier alpha value is -0.870. The molecule has 1 fully saturated rings. The van der Waals surface area contributed by atoms with Gasteiger partial charge >= 0.3 is 0 Å². The van der Waals surface area contributed by atoms with E-state index in [0.717, 1.165) is 17.7 Å². The van der Waals surface area contributed by atoms with E-state index in [-0.39, 0.29) is 18.0 Å². The third-order valence-electron chi connectivity index (χ3n) is 2.88. The molecule has 0 unspecified atom stereocenters. The first-order valence-electron chi connectivity index (χ1n) is 5.37. The van der Waals surface area contributed by atoms with Crippen molar-refractivity contribution in [1.82, 2.24) is 5.32 Å². The minimum absolute atomic E-state index is 0.0207. The lowest BCUT2D eigenvalue weighted by molar-refractivity contribution is 0.0925. The van der Waals surface area contributed by atoms with Crippen molar-refractivity contribution in [2.45, 2.75) is 37.8 Å². The predicted molar refractivity (Wildman–Crippen MR) is 62.0 cm³/mol. The number of thiophene rings is 1. The van der Waals surface area contributed by atoms with Gasteiger partial charge in [-0.3, -0.25) is 4.79 Å². The Morgan fingerprint density at radius 3 is 2.93 bits per heavy atom. The summed E-state index contributed by atoms with van der Waals surface area (Å²) in [4.78, 5) is 12.5. The summed E-state index contributed by atoms with van der Waals surface area (Å²) in [6.07, 6.45) is 4.39. The average Bonchev–Trinajstić information content (AvgIpc) is 2.74. The summed E-state index contributed by atoms with van der Waals surface area (Å²) in [7, 11) is 0. The van der Waals surface area contributed by atoms with Crippen LogP contribution in [0.25, 0.3) is 0 Å². The SMILES string of the molecule is N[C@@H]1CCCC[C@@H]1NC(=O)c1cccs1. The van der Waals surface area contributed by atoms with Crippen LogP contribution in [0.4, 0.5) is 0 Å². The van der Waals surface area contributed by atoms with Crippen molar-refractivity contribution in [2.75, 3.05) is 0 Å². The van der Waals surface area contributed by atoms with Gasteiger partial charge in [0.2, 0.25) is 0 Å². The van der Waals surface area contributed by atoms with Gasteiger partial charge in [-0.25, -0.2) is 0 Å². The molecule has 0 saturated heterocycles. The van der Waals surface area contributed by atoms with E-state index >= 15 is 0 Å². The highest BCUT2D eigenvalue weighted by molar-refractivity contribution is 7.12. The lowest BCUT2D eigenvalue weighted by Crippen LogP contribution is -2.49. The van der Waals surface area contributed by atoms with Crippen molar-refractivity contribution >= 4 is 17.2 Å². The maximum absolute atomic E-state index is 11.8. The van der Waals surface area contributed by atoms with Gasteiger partial charge in [-0.15, -0.1) is 11.3 Å². The Balaban J connectivity index is 1.93. The van der Waals surface area contributed by atoms with E-state index in [0.29, 0.717) is 0 Å². The van der Waals surface area contributed by atoms with Gasteiger partial charge in [-0.2, -0.15) is 0 Å². The number of carbonyl (C=O) groups excluding carboxylic acids is 1. The smallest absolute Gasteiger partial charge is 0.261 e. The Bertz CT molecular complexity index is 323. The molecular formula is C11H16N2OS. The van der Waals surface area contributed by atoms with E-state index in [1.807, 2.05) is 17.5 Å². The van der Waals surface area contributed by atoms with Crippen LogP contribution < -0.4 is 11.1 Å². The maximum atomic E-state index is 11.8. The van der Waals surface area contributed by atoms with Crippen LogP contribution in [-0.4, -0.2) is 18.0 Å². The number of amides is 1. The molecule has 0 bridgehead atoms. The normalized spacial score (nSPS) is 26.2. The van der Waals surface area contributed by atoms with Gasteiger partial charge in [-0.05, 0) is 24.3 Å². The van der Waals surface area contributed by atoms with Crippen LogP contribution in [0.1, 0.15) is 35.4 Å².